The molecule has 2 aromatic carbocycles. The van der Waals surface area contributed by atoms with E-state index in [9.17, 15) is 9.59 Å². The number of hydrogen-bond donors (Lipinski definition) is 1. The Morgan fingerprint density at radius 1 is 1.04 bits per heavy atom. The largest absolute Gasteiger partial charge is 0.348 e. The van der Waals surface area contributed by atoms with Crippen molar-refractivity contribution in [2.45, 2.75) is 25.9 Å². The van der Waals surface area contributed by atoms with E-state index in [1.807, 2.05) is 64.2 Å². The summed E-state index contributed by atoms with van der Waals surface area (Å²) in [6.45, 7) is 1.90. The first-order valence-corrected chi connectivity index (χ1v) is 9.41. The van der Waals surface area contributed by atoms with Crippen LogP contribution in [-0.2, 0) is 17.9 Å². The predicted molar refractivity (Wildman–Crippen MR) is 106 cm³/mol. The number of amides is 2. The SMILES string of the molecule is O=C(NCc1ccc(-n2ccnc2)cc1)c1ccc(CN2CCCC2=O)cc1. The summed E-state index contributed by atoms with van der Waals surface area (Å²) >= 11 is 0. The van der Waals surface area contributed by atoms with Gasteiger partial charge in [0, 0.05) is 49.7 Å². The fourth-order valence-electron chi connectivity index (χ4n) is 3.34. The van der Waals surface area contributed by atoms with Gasteiger partial charge in [-0.3, -0.25) is 9.59 Å². The lowest BCUT2D eigenvalue weighted by atomic mass is 10.1. The summed E-state index contributed by atoms with van der Waals surface area (Å²) in [4.78, 5) is 30.0. The van der Waals surface area contributed by atoms with Crippen LogP contribution >= 0.6 is 0 Å². The van der Waals surface area contributed by atoms with Crippen LogP contribution in [-0.4, -0.2) is 32.8 Å². The van der Waals surface area contributed by atoms with Crippen molar-refractivity contribution in [3.05, 3.63) is 83.9 Å². The molecule has 1 fully saturated rings. The topological polar surface area (TPSA) is 67.2 Å². The number of likely N-dealkylation sites (tertiary alicyclic amines) is 1. The van der Waals surface area contributed by atoms with Crippen molar-refractivity contribution in [2.24, 2.45) is 0 Å². The second kappa shape index (κ2) is 8.08. The first-order valence-electron chi connectivity index (χ1n) is 9.41. The fourth-order valence-corrected chi connectivity index (χ4v) is 3.34. The molecule has 0 radical (unpaired) electrons. The predicted octanol–water partition coefficient (Wildman–Crippen LogP) is 2.92. The molecule has 2 heterocycles. The second-order valence-electron chi connectivity index (χ2n) is 6.93. The highest BCUT2D eigenvalue weighted by atomic mass is 16.2. The van der Waals surface area contributed by atoms with E-state index in [0.717, 1.165) is 29.8 Å². The molecule has 28 heavy (non-hydrogen) atoms. The number of nitrogens with zero attached hydrogens (tertiary/aromatic N) is 3. The van der Waals surface area contributed by atoms with Gasteiger partial charge in [0.25, 0.3) is 5.91 Å². The Bertz CT molecular complexity index is 947. The monoisotopic (exact) mass is 374 g/mol. The van der Waals surface area contributed by atoms with Crippen LogP contribution in [0.4, 0.5) is 0 Å². The van der Waals surface area contributed by atoms with Crippen LogP contribution in [0, 0.1) is 0 Å². The van der Waals surface area contributed by atoms with Crippen molar-refractivity contribution in [3.8, 4) is 5.69 Å². The normalized spacial score (nSPS) is 13.7. The maximum Gasteiger partial charge on any atom is 0.251 e. The molecule has 142 valence electrons. The lowest BCUT2D eigenvalue weighted by Gasteiger charge is -2.15. The van der Waals surface area contributed by atoms with Crippen LogP contribution in [0.5, 0.6) is 0 Å². The van der Waals surface area contributed by atoms with Gasteiger partial charge in [-0.25, -0.2) is 4.98 Å². The third-order valence-corrected chi connectivity index (χ3v) is 4.95. The zero-order valence-corrected chi connectivity index (χ0v) is 15.5. The summed E-state index contributed by atoms with van der Waals surface area (Å²) in [5.41, 5.74) is 3.72. The molecule has 1 aromatic heterocycles. The van der Waals surface area contributed by atoms with E-state index in [1.54, 1.807) is 12.5 Å². The van der Waals surface area contributed by atoms with Gasteiger partial charge in [-0.1, -0.05) is 24.3 Å². The van der Waals surface area contributed by atoms with E-state index in [2.05, 4.69) is 10.3 Å². The quantitative estimate of drug-likeness (QED) is 0.721. The van der Waals surface area contributed by atoms with Crippen molar-refractivity contribution < 1.29 is 9.59 Å². The standard InChI is InChI=1S/C22H22N4O2/c27-21-2-1-12-25(21)15-18-3-7-19(8-4-18)22(28)24-14-17-5-9-20(10-6-17)26-13-11-23-16-26/h3-11,13,16H,1-2,12,14-15H2,(H,24,28). The number of aromatic nitrogens is 2. The summed E-state index contributed by atoms with van der Waals surface area (Å²) < 4.78 is 1.93. The zero-order valence-electron chi connectivity index (χ0n) is 15.5. The molecule has 1 aliphatic heterocycles. The Balaban J connectivity index is 1.31. The van der Waals surface area contributed by atoms with E-state index >= 15 is 0 Å². The van der Waals surface area contributed by atoms with Gasteiger partial charge in [0.1, 0.15) is 0 Å². The van der Waals surface area contributed by atoms with E-state index in [4.69, 9.17) is 0 Å². The van der Waals surface area contributed by atoms with Gasteiger partial charge >= 0.3 is 0 Å². The minimum atomic E-state index is -0.109. The van der Waals surface area contributed by atoms with Crippen LogP contribution in [0.25, 0.3) is 5.69 Å². The second-order valence-corrected chi connectivity index (χ2v) is 6.93. The Labute approximate surface area is 163 Å². The lowest BCUT2D eigenvalue weighted by Crippen LogP contribution is -2.24. The van der Waals surface area contributed by atoms with Crippen molar-refractivity contribution in [2.75, 3.05) is 6.54 Å². The average Bonchev–Trinajstić information content (AvgIpc) is 3.40. The first-order chi connectivity index (χ1) is 13.7. The smallest absolute Gasteiger partial charge is 0.251 e. The van der Waals surface area contributed by atoms with Gasteiger partial charge in [0.2, 0.25) is 5.91 Å². The van der Waals surface area contributed by atoms with Crippen molar-refractivity contribution >= 4 is 11.8 Å². The molecule has 0 bridgehead atoms. The molecule has 2 amide bonds. The molecule has 6 heteroatoms. The molecule has 1 N–H and O–H groups in total. The highest BCUT2D eigenvalue weighted by molar-refractivity contribution is 5.94. The number of benzene rings is 2. The van der Waals surface area contributed by atoms with Crippen molar-refractivity contribution in [1.29, 1.82) is 0 Å². The van der Waals surface area contributed by atoms with Gasteiger partial charge in [-0.2, -0.15) is 0 Å². The minimum absolute atomic E-state index is 0.109. The molecule has 0 saturated carbocycles. The van der Waals surface area contributed by atoms with Crippen molar-refractivity contribution in [1.82, 2.24) is 19.8 Å². The van der Waals surface area contributed by atoms with E-state index in [0.29, 0.717) is 25.1 Å². The van der Waals surface area contributed by atoms with Gasteiger partial charge in [-0.05, 0) is 41.8 Å². The molecular formula is C22H22N4O2. The molecule has 3 aromatic rings. The average molecular weight is 374 g/mol. The Morgan fingerprint density at radius 3 is 2.43 bits per heavy atom. The molecule has 1 aliphatic rings. The van der Waals surface area contributed by atoms with E-state index in [1.165, 1.54) is 0 Å². The Morgan fingerprint density at radius 2 is 1.79 bits per heavy atom. The fraction of sp³-hybridized carbons (Fsp3) is 0.227. The minimum Gasteiger partial charge on any atom is -0.348 e. The highest BCUT2D eigenvalue weighted by Gasteiger charge is 2.19. The highest BCUT2D eigenvalue weighted by Crippen LogP contribution is 2.15. The Kier molecular flexibility index (Phi) is 5.19. The zero-order chi connectivity index (χ0) is 19.3. The Hall–Kier alpha value is -3.41. The molecule has 0 spiro atoms. The number of carbonyl (C=O) groups is 2. The van der Waals surface area contributed by atoms with E-state index in [-0.39, 0.29) is 11.8 Å². The van der Waals surface area contributed by atoms with Crippen LogP contribution in [0.2, 0.25) is 0 Å². The summed E-state index contributed by atoms with van der Waals surface area (Å²) in [5, 5.41) is 2.95. The number of rotatable bonds is 6. The van der Waals surface area contributed by atoms with Gasteiger partial charge < -0.3 is 14.8 Å². The molecule has 0 aliphatic carbocycles. The van der Waals surface area contributed by atoms with Crippen LogP contribution < -0.4 is 5.32 Å². The summed E-state index contributed by atoms with van der Waals surface area (Å²) in [7, 11) is 0. The summed E-state index contributed by atoms with van der Waals surface area (Å²) in [5.74, 6) is 0.100. The molecule has 0 atom stereocenters. The molecule has 0 unspecified atom stereocenters. The summed E-state index contributed by atoms with van der Waals surface area (Å²) in [6.07, 6.45) is 6.95. The lowest BCUT2D eigenvalue weighted by molar-refractivity contribution is -0.128. The summed E-state index contributed by atoms with van der Waals surface area (Å²) in [6, 6.07) is 15.4. The van der Waals surface area contributed by atoms with Gasteiger partial charge in [-0.15, -0.1) is 0 Å². The van der Waals surface area contributed by atoms with Gasteiger partial charge in [0.15, 0.2) is 0 Å². The van der Waals surface area contributed by atoms with Crippen LogP contribution in [0.3, 0.4) is 0 Å². The van der Waals surface area contributed by atoms with Gasteiger partial charge in [0.05, 0.1) is 6.33 Å². The van der Waals surface area contributed by atoms with Crippen LogP contribution in [0.15, 0.2) is 67.3 Å². The molecule has 1 saturated heterocycles. The maximum atomic E-state index is 12.4. The number of nitrogens with one attached hydrogen (secondary N) is 1. The number of hydrogen-bond acceptors (Lipinski definition) is 3. The number of imidazole rings is 1. The van der Waals surface area contributed by atoms with E-state index < -0.39 is 0 Å². The molecule has 4 rings (SSSR count). The number of carbonyl (C=O) groups excluding carboxylic acids is 2. The first kappa shape index (κ1) is 18.0. The van der Waals surface area contributed by atoms with Crippen molar-refractivity contribution in [3.63, 3.8) is 0 Å². The third-order valence-electron chi connectivity index (χ3n) is 4.95. The third kappa shape index (κ3) is 4.11. The molecule has 6 nitrogen and oxygen atoms in total. The van der Waals surface area contributed by atoms with Crippen LogP contribution in [0.1, 0.15) is 34.3 Å². The molecular weight excluding hydrogens is 352 g/mol. The maximum absolute atomic E-state index is 12.4.